The fourth-order valence-corrected chi connectivity index (χ4v) is 7.66. The van der Waals surface area contributed by atoms with Crippen molar-refractivity contribution in [2.24, 2.45) is 0 Å². The molecule has 1 saturated heterocycles. The maximum Gasteiger partial charge on any atom is 0.253 e. The van der Waals surface area contributed by atoms with Crippen LogP contribution in [-0.2, 0) is 31.4 Å². The highest BCUT2D eigenvalue weighted by Crippen LogP contribution is 2.27. The van der Waals surface area contributed by atoms with Crippen molar-refractivity contribution in [2.45, 2.75) is 22.4 Å². The van der Waals surface area contributed by atoms with Crippen molar-refractivity contribution in [3.8, 4) is 0 Å². The monoisotopic (exact) mass is 608 g/mol. The Morgan fingerprint density at radius 1 is 0.762 bits per heavy atom. The van der Waals surface area contributed by atoms with E-state index < -0.39 is 44.4 Å². The van der Waals surface area contributed by atoms with Gasteiger partial charge in [-0.3, -0.25) is 9.59 Å². The van der Waals surface area contributed by atoms with Gasteiger partial charge >= 0.3 is 0 Å². The number of hydrogen-bond acceptors (Lipinski definition) is 7. The van der Waals surface area contributed by atoms with Crippen molar-refractivity contribution in [1.29, 1.82) is 0 Å². The molecule has 0 spiro atoms. The molecular formula is C29H28N4O7S2. The lowest BCUT2D eigenvalue weighted by atomic mass is 10.1. The third-order valence-corrected chi connectivity index (χ3v) is 10.6. The number of nitrogens with one attached hydrogen (secondary N) is 2. The number of nitrogens with zero attached hydrogens (tertiary/aromatic N) is 2. The Kier molecular flexibility index (Phi) is 8.54. The summed E-state index contributed by atoms with van der Waals surface area (Å²) in [7, 11) is -8.21. The van der Waals surface area contributed by atoms with E-state index in [4.69, 9.17) is 4.42 Å². The van der Waals surface area contributed by atoms with Crippen LogP contribution in [0, 0.1) is 0 Å². The van der Waals surface area contributed by atoms with Crippen LogP contribution in [-0.4, -0.2) is 62.9 Å². The van der Waals surface area contributed by atoms with E-state index in [1.807, 2.05) is 0 Å². The molecule has 1 aliphatic rings. The van der Waals surface area contributed by atoms with Crippen molar-refractivity contribution < 1.29 is 30.8 Å². The first-order valence-electron chi connectivity index (χ1n) is 13.0. The summed E-state index contributed by atoms with van der Waals surface area (Å²) in [6, 6.07) is 23.6. The molecule has 1 fully saturated rings. The van der Waals surface area contributed by atoms with Gasteiger partial charge in [0.05, 0.1) is 33.8 Å². The molecule has 13 heteroatoms. The molecule has 3 aromatic carbocycles. The van der Waals surface area contributed by atoms with Gasteiger partial charge in [0.15, 0.2) is 0 Å². The molecule has 0 radical (unpaired) electrons. The minimum absolute atomic E-state index is 0.0279. The molecule has 4 aromatic rings. The molecule has 0 aliphatic carbocycles. The van der Waals surface area contributed by atoms with E-state index in [0.717, 1.165) is 8.61 Å². The second-order valence-electron chi connectivity index (χ2n) is 9.42. The molecule has 2 amide bonds. The number of sulfonamides is 2. The Bertz CT molecular complexity index is 1760. The summed E-state index contributed by atoms with van der Waals surface area (Å²) < 4.78 is 61.5. The Hall–Kier alpha value is -4.30. The topological polar surface area (TPSA) is 146 Å². The second kappa shape index (κ2) is 12.3. The standard InChI is InChI=1S/C29H28N4O7S2/c34-28(30-20-22-10-9-19-40-22)25-15-7-8-16-26(25)31-29(35)27-21-32(41(36,37)23-11-3-1-4-12-23)17-18-33(27)42(38,39)24-13-5-2-6-14-24/h1-16,19,27H,17-18,20-21H2,(H,30,34)(H,31,35)/t27-/m0/s1. The van der Waals surface area contributed by atoms with E-state index in [-0.39, 0.29) is 40.7 Å². The van der Waals surface area contributed by atoms with Gasteiger partial charge in [-0.05, 0) is 48.5 Å². The number of anilines is 1. The molecular weight excluding hydrogens is 580 g/mol. The first-order valence-corrected chi connectivity index (χ1v) is 15.9. The Morgan fingerprint density at radius 2 is 1.38 bits per heavy atom. The van der Waals surface area contributed by atoms with Crippen LogP contribution in [0.3, 0.4) is 0 Å². The quantitative estimate of drug-likeness (QED) is 0.297. The number of piperazine rings is 1. The highest BCUT2D eigenvalue weighted by Gasteiger charge is 2.43. The predicted octanol–water partition coefficient (Wildman–Crippen LogP) is 2.91. The van der Waals surface area contributed by atoms with Gasteiger partial charge in [0.1, 0.15) is 11.8 Å². The number of para-hydroxylation sites is 1. The first-order chi connectivity index (χ1) is 20.2. The minimum atomic E-state index is -4.18. The summed E-state index contributed by atoms with van der Waals surface area (Å²) >= 11 is 0. The van der Waals surface area contributed by atoms with Gasteiger partial charge in [0.25, 0.3) is 5.91 Å². The molecule has 0 saturated carbocycles. The van der Waals surface area contributed by atoms with Gasteiger partial charge in [-0.15, -0.1) is 0 Å². The molecule has 0 bridgehead atoms. The third kappa shape index (κ3) is 6.14. The Labute approximate surface area is 243 Å². The molecule has 2 heterocycles. The van der Waals surface area contributed by atoms with Crippen LogP contribution in [0.25, 0.3) is 0 Å². The smallest absolute Gasteiger partial charge is 0.253 e. The first kappa shape index (κ1) is 29.2. The fourth-order valence-electron chi connectivity index (χ4n) is 4.61. The van der Waals surface area contributed by atoms with Crippen molar-refractivity contribution in [3.05, 3.63) is 115 Å². The number of benzene rings is 3. The lowest BCUT2D eigenvalue weighted by Gasteiger charge is -2.39. The number of carbonyl (C=O) groups is 2. The molecule has 42 heavy (non-hydrogen) atoms. The summed E-state index contributed by atoms with van der Waals surface area (Å²) in [5, 5.41) is 5.39. The lowest BCUT2D eigenvalue weighted by molar-refractivity contribution is -0.120. The molecule has 218 valence electrons. The van der Waals surface area contributed by atoms with E-state index in [1.54, 1.807) is 60.7 Å². The molecule has 5 rings (SSSR count). The number of carbonyl (C=O) groups excluding carboxylic acids is 2. The van der Waals surface area contributed by atoms with Crippen LogP contribution >= 0.6 is 0 Å². The van der Waals surface area contributed by atoms with Crippen LogP contribution in [0.1, 0.15) is 16.1 Å². The summed E-state index contributed by atoms with van der Waals surface area (Å²) in [5.74, 6) is -0.740. The average molecular weight is 609 g/mol. The highest BCUT2D eigenvalue weighted by atomic mass is 32.2. The maximum atomic E-state index is 13.8. The predicted molar refractivity (Wildman–Crippen MR) is 154 cm³/mol. The molecule has 1 aliphatic heterocycles. The van der Waals surface area contributed by atoms with Gasteiger partial charge in [-0.1, -0.05) is 48.5 Å². The average Bonchev–Trinajstić information content (AvgIpc) is 3.54. The summed E-state index contributed by atoms with van der Waals surface area (Å²) in [6.07, 6.45) is 1.48. The summed E-state index contributed by atoms with van der Waals surface area (Å²) in [5.41, 5.74) is 0.277. The normalized spacial score (nSPS) is 16.5. The van der Waals surface area contributed by atoms with Gasteiger partial charge in [0, 0.05) is 19.6 Å². The zero-order chi connectivity index (χ0) is 29.7. The van der Waals surface area contributed by atoms with E-state index in [2.05, 4.69) is 10.6 Å². The second-order valence-corrected chi connectivity index (χ2v) is 13.2. The number of amides is 2. The van der Waals surface area contributed by atoms with E-state index in [0.29, 0.717) is 5.76 Å². The zero-order valence-electron chi connectivity index (χ0n) is 22.3. The van der Waals surface area contributed by atoms with Crippen LogP contribution in [0.2, 0.25) is 0 Å². The third-order valence-electron chi connectivity index (χ3n) is 6.76. The van der Waals surface area contributed by atoms with Gasteiger partial charge in [0.2, 0.25) is 26.0 Å². The van der Waals surface area contributed by atoms with Crippen LogP contribution in [0.5, 0.6) is 0 Å². The number of hydrogen-bond donors (Lipinski definition) is 2. The van der Waals surface area contributed by atoms with Crippen LogP contribution in [0.4, 0.5) is 5.69 Å². The molecule has 0 unspecified atom stereocenters. The largest absolute Gasteiger partial charge is 0.467 e. The van der Waals surface area contributed by atoms with Crippen molar-refractivity contribution >= 4 is 37.5 Å². The fraction of sp³-hybridized carbons (Fsp3) is 0.172. The Morgan fingerprint density at radius 3 is 2.02 bits per heavy atom. The Balaban J connectivity index is 1.44. The number of furan rings is 1. The molecule has 1 atom stereocenters. The van der Waals surface area contributed by atoms with E-state index >= 15 is 0 Å². The van der Waals surface area contributed by atoms with Crippen molar-refractivity contribution in [2.75, 3.05) is 25.0 Å². The van der Waals surface area contributed by atoms with Crippen molar-refractivity contribution in [3.63, 3.8) is 0 Å². The molecule has 2 N–H and O–H groups in total. The maximum absolute atomic E-state index is 13.8. The van der Waals surface area contributed by atoms with Gasteiger partial charge in [-0.25, -0.2) is 16.8 Å². The summed E-state index contributed by atoms with van der Waals surface area (Å²) in [4.78, 5) is 26.8. The lowest BCUT2D eigenvalue weighted by Crippen LogP contribution is -2.60. The molecule has 11 nitrogen and oxygen atoms in total. The van der Waals surface area contributed by atoms with Crippen molar-refractivity contribution in [1.82, 2.24) is 13.9 Å². The molecule has 1 aromatic heterocycles. The SMILES string of the molecule is O=C(NCc1ccco1)c1ccccc1NC(=O)[C@@H]1CN(S(=O)(=O)c2ccccc2)CCN1S(=O)(=O)c1ccccc1. The van der Waals surface area contributed by atoms with Crippen LogP contribution in [0.15, 0.2) is 118 Å². The van der Waals surface area contributed by atoms with E-state index in [9.17, 15) is 26.4 Å². The van der Waals surface area contributed by atoms with Crippen LogP contribution < -0.4 is 10.6 Å². The number of rotatable bonds is 9. The summed E-state index contributed by atoms with van der Waals surface area (Å²) in [6.45, 7) is -0.723. The minimum Gasteiger partial charge on any atom is -0.467 e. The van der Waals surface area contributed by atoms with Gasteiger partial charge < -0.3 is 15.1 Å². The van der Waals surface area contributed by atoms with Gasteiger partial charge in [-0.2, -0.15) is 8.61 Å². The zero-order valence-corrected chi connectivity index (χ0v) is 23.9. The van der Waals surface area contributed by atoms with E-state index in [1.165, 1.54) is 42.7 Å². The highest BCUT2D eigenvalue weighted by molar-refractivity contribution is 7.89.